The van der Waals surface area contributed by atoms with Crippen LogP contribution in [0.2, 0.25) is 5.02 Å². The highest BCUT2D eigenvalue weighted by Crippen LogP contribution is 2.31. The smallest absolute Gasteiger partial charge is 0.254 e. The van der Waals surface area contributed by atoms with Crippen LogP contribution < -0.4 is 10.6 Å². The van der Waals surface area contributed by atoms with Crippen molar-refractivity contribution in [1.82, 2.24) is 10.2 Å². The van der Waals surface area contributed by atoms with Crippen LogP contribution in [0.4, 0.5) is 5.69 Å². The molecule has 2 aromatic rings. The molecule has 28 heavy (non-hydrogen) atoms. The van der Waals surface area contributed by atoms with E-state index >= 15 is 0 Å². The Kier molecular flexibility index (Phi) is 6.60. The number of piperazine rings is 1. The summed E-state index contributed by atoms with van der Waals surface area (Å²) in [6.45, 7) is 2.01. The monoisotopic (exact) mass is 419 g/mol. The molecule has 1 aliphatic heterocycles. The molecule has 1 heterocycles. The number of amides is 2. The highest BCUT2D eigenvalue weighted by molar-refractivity contribution is 6.31. The van der Waals surface area contributed by atoms with E-state index in [1.807, 2.05) is 41.3 Å². The number of hydrogen-bond acceptors (Lipinski definition) is 3. The molecule has 0 spiro atoms. The molecule has 0 bridgehead atoms. The maximum atomic E-state index is 13.2. The van der Waals surface area contributed by atoms with Gasteiger partial charge in [0.1, 0.15) is 0 Å². The van der Waals surface area contributed by atoms with E-state index in [-0.39, 0.29) is 36.2 Å². The van der Waals surface area contributed by atoms with E-state index in [0.29, 0.717) is 29.4 Å². The van der Waals surface area contributed by atoms with Gasteiger partial charge in [0, 0.05) is 41.8 Å². The summed E-state index contributed by atoms with van der Waals surface area (Å²) in [7, 11) is 0. The van der Waals surface area contributed by atoms with Crippen molar-refractivity contribution in [3.63, 3.8) is 0 Å². The van der Waals surface area contributed by atoms with Crippen LogP contribution in [0.3, 0.4) is 0 Å². The van der Waals surface area contributed by atoms with E-state index in [2.05, 4.69) is 10.6 Å². The standard InChI is InChI=1S/C21H22ClN3O2.ClH/c22-18-7-2-1-6-17(18)19-13-23-10-11-25(19)21(27)15-4-3-5-16(12-15)24-20(26)14-8-9-14;/h1-7,12,14,19,23H,8-11,13H2,(H,24,26);1H. The third kappa shape index (κ3) is 4.49. The zero-order chi connectivity index (χ0) is 18.8. The Morgan fingerprint density at radius 2 is 1.89 bits per heavy atom. The number of nitrogens with zero attached hydrogens (tertiary/aromatic N) is 1. The number of carbonyl (C=O) groups excluding carboxylic acids is 2. The lowest BCUT2D eigenvalue weighted by atomic mass is 10.0. The quantitative estimate of drug-likeness (QED) is 0.789. The maximum Gasteiger partial charge on any atom is 0.254 e. The predicted octanol–water partition coefficient (Wildman–Crippen LogP) is 3.90. The largest absolute Gasteiger partial charge is 0.329 e. The van der Waals surface area contributed by atoms with Crippen LogP contribution in [0.5, 0.6) is 0 Å². The van der Waals surface area contributed by atoms with Gasteiger partial charge in [0.2, 0.25) is 5.91 Å². The molecule has 0 radical (unpaired) electrons. The molecule has 1 atom stereocenters. The second kappa shape index (κ2) is 8.95. The van der Waals surface area contributed by atoms with Crippen molar-refractivity contribution in [2.45, 2.75) is 18.9 Å². The molecule has 4 rings (SSSR count). The van der Waals surface area contributed by atoms with Gasteiger partial charge in [-0.1, -0.05) is 35.9 Å². The molecule has 1 saturated carbocycles. The summed E-state index contributed by atoms with van der Waals surface area (Å²) < 4.78 is 0. The Bertz CT molecular complexity index is 870. The van der Waals surface area contributed by atoms with Crippen LogP contribution in [-0.2, 0) is 4.79 Å². The third-order valence-electron chi connectivity index (χ3n) is 5.09. The van der Waals surface area contributed by atoms with Crippen LogP contribution >= 0.6 is 24.0 Å². The molecule has 2 N–H and O–H groups in total. The van der Waals surface area contributed by atoms with Gasteiger partial charge >= 0.3 is 0 Å². The molecule has 2 fully saturated rings. The molecule has 0 aromatic heterocycles. The molecule has 1 unspecified atom stereocenters. The van der Waals surface area contributed by atoms with Crippen LogP contribution in [0.15, 0.2) is 48.5 Å². The maximum absolute atomic E-state index is 13.2. The topological polar surface area (TPSA) is 61.4 Å². The third-order valence-corrected chi connectivity index (χ3v) is 5.44. The van der Waals surface area contributed by atoms with Gasteiger partial charge in [0.15, 0.2) is 0 Å². The molecule has 5 nitrogen and oxygen atoms in total. The fourth-order valence-corrected chi connectivity index (χ4v) is 3.72. The minimum Gasteiger partial charge on any atom is -0.329 e. The lowest BCUT2D eigenvalue weighted by Crippen LogP contribution is -2.48. The first-order valence-corrected chi connectivity index (χ1v) is 9.68. The van der Waals surface area contributed by atoms with Gasteiger partial charge in [-0.3, -0.25) is 9.59 Å². The summed E-state index contributed by atoms with van der Waals surface area (Å²) in [5.74, 6) is 0.113. The van der Waals surface area contributed by atoms with Gasteiger partial charge in [-0.2, -0.15) is 0 Å². The van der Waals surface area contributed by atoms with Crippen molar-refractivity contribution in [2.24, 2.45) is 5.92 Å². The van der Waals surface area contributed by atoms with E-state index in [9.17, 15) is 9.59 Å². The Morgan fingerprint density at radius 1 is 1.11 bits per heavy atom. The number of rotatable bonds is 4. The van der Waals surface area contributed by atoms with Crippen molar-refractivity contribution in [1.29, 1.82) is 0 Å². The highest BCUT2D eigenvalue weighted by Gasteiger charge is 2.31. The van der Waals surface area contributed by atoms with Crippen molar-refractivity contribution < 1.29 is 9.59 Å². The highest BCUT2D eigenvalue weighted by atomic mass is 35.5. The van der Waals surface area contributed by atoms with Crippen molar-refractivity contribution in [2.75, 3.05) is 25.0 Å². The fourth-order valence-electron chi connectivity index (χ4n) is 3.46. The number of halogens is 2. The van der Waals surface area contributed by atoms with Crippen LogP contribution in [0.25, 0.3) is 0 Å². The van der Waals surface area contributed by atoms with Gasteiger partial charge in [0.05, 0.1) is 6.04 Å². The molecule has 1 aliphatic carbocycles. The summed E-state index contributed by atoms with van der Waals surface area (Å²) >= 11 is 6.38. The lowest BCUT2D eigenvalue weighted by Gasteiger charge is -2.37. The Hall–Kier alpha value is -2.08. The van der Waals surface area contributed by atoms with Crippen molar-refractivity contribution >= 4 is 41.5 Å². The molecule has 2 aromatic carbocycles. The molecule has 2 aliphatic rings. The first-order chi connectivity index (χ1) is 13.1. The molecular weight excluding hydrogens is 397 g/mol. The second-order valence-corrected chi connectivity index (χ2v) is 7.49. The Labute approximate surface area is 175 Å². The van der Waals surface area contributed by atoms with E-state index in [4.69, 9.17) is 11.6 Å². The van der Waals surface area contributed by atoms with Gasteiger partial charge < -0.3 is 15.5 Å². The summed E-state index contributed by atoms with van der Waals surface area (Å²) in [6.07, 6.45) is 1.90. The van der Waals surface area contributed by atoms with Crippen LogP contribution in [-0.4, -0.2) is 36.3 Å². The van der Waals surface area contributed by atoms with Gasteiger partial charge in [0.25, 0.3) is 5.91 Å². The van der Waals surface area contributed by atoms with Gasteiger partial charge in [-0.15, -0.1) is 12.4 Å². The van der Waals surface area contributed by atoms with E-state index in [1.165, 1.54) is 0 Å². The van der Waals surface area contributed by atoms with Gasteiger partial charge in [-0.05, 0) is 42.7 Å². The molecule has 2 amide bonds. The predicted molar refractivity (Wildman–Crippen MR) is 113 cm³/mol. The average molecular weight is 420 g/mol. The normalized spacial score (nSPS) is 18.9. The zero-order valence-electron chi connectivity index (χ0n) is 15.4. The minimum atomic E-state index is -0.121. The minimum absolute atomic E-state index is 0. The number of anilines is 1. The summed E-state index contributed by atoms with van der Waals surface area (Å²) in [5, 5.41) is 6.92. The number of carbonyl (C=O) groups is 2. The zero-order valence-corrected chi connectivity index (χ0v) is 16.9. The number of nitrogens with one attached hydrogen (secondary N) is 2. The summed E-state index contributed by atoms with van der Waals surface area (Å²) in [6, 6.07) is 14.7. The summed E-state index contributed by atoms with van der Waals surface area (Å²) in [5.41, 5.74) is 2.18. The average Bonchev–Trinajstić information content (AvgIpc) is 3.53. The number of benzene rings is 2. The molecular formula is C21H23Cl2N3O2. The second-order valence-electron chi connectivity index (χ2n) is 7.08. The van der Waals surface area contributed by atoms with Gasteiger partial charge in [-0.25, -0.2) is 0 Å². The Morgan fingerprint density at radius 3 is 2.64 bits per heavy atom. The van der Waals surface area contributed by atoms with Crippen molar-refractivity contribution in [3.05, 3.63) is 64.7 Å². The fraction of sp³-hybridized carbons (Fsp3) is 0.333. The van der Waals surface area contributed by atoms with Crippen molar-refractivity contribution in [3.8, 4) is 0 Å². The summed E-state index contributed by atoms with van der Waals surface area (Å²) in [4.78, 5) is 27.1. The lowest BCUT2D eigenvalue weighted by molar-refractivity contribution is -0.117. The molecule has 1 saturated heterocycles. The SMILES string of the molecule is Cl.O=C(Nc1cccc(C(=O)N2CCNCC2c2ccccc2Cl)c1)C1CC1. The van der Waals surface area contributed by atoms with Crippen LogP contribution in [0.1, 0.15) is 34.8 Å². The van der Waals surface area contributed by atoms with E-state index < -0.39 is 0 Å². The first-order valence-electron chi connectivity index (χ1n) is 9.30. The van der Waals surface area contributed by atoms with E-state index in [0.717, 1.165) is 24.9 Å². The molecule has 148 valence electrons. The Balaban J connectivity index is 0.00000225. The molecule has 7 heteroatoms. The van der Waals surface area contributed by atoms with E-state index in [1.54, 1.807) is 12.1 Å². The first kappa shape index (κ1) is 20.6. The van der Waals surface area contributed by atoms with Crippen LogP contribution in [0, 0.1) is 5.92 Å². The number of hydrogen-bond donors (Lipinski definition) is 2.